The number of rotatable bonds is 8. The van der Waals surface area contributed by atoms with Gasteiger partial charge < -0.3 is 24.6 Å². The van der Waals surface area contributed by atoms with Crippen LogP contribution in [0.15, 0.2) is 12.7 Å². The maximum absolute atomic E-state index is 11.2. The molecule has 7 heteroatoms. The second kappa shape index (κ2) is 8.54. The number of carboxylic acids is 1. The van der Waals surface area contributed by atoms with Crippen molar-refractivity contribution in [1.82, 2.24) is 5.32 Å². The number of carbonyl (C=O) groups excluding carboxylic acids is 1. The summed E-state index contributed by atoms with van der Waals surface area (Å²) in [4.78, 5) is 21.9. The fourth-order valence-corrected chi connectivity index (χ4v) is 1.16. The van der Waals surface area contributed by atoms with Crippen molar-refractivity contribution in [3.63, 3.8) is 0 Å². The third kappa shape index (κ3) is 6.54. The SMILES string of the molecule is C=CCOC(=O)N[C@@H](CC(=O)O)C(OC)OC. The summed E-state index contributed by atoms with van der Waals surface area (Å²) < 4.78 is 14.5. The van der Waals surface area contributed by atoms with Gasteiger partial charge >= 0.3 is 12.1 Å². The van der Waals surface area contributed by atoms with Crippen LogP contribution in [0.5, 0.6) is 0 Å². The van der Waals surface area contributed by atoms with Crippen LogP contribution in [-0.4, -0.2) is 50.3 Å². The molecule has 0 aliphatic rings. The highest BCUT2D eigenvalue weighted by Gasteiger charge is 2.26. The lowest BCUT2D eigenvalue weighted by Gasteiger charge is -2.23. The molecule has 0 fully saturated rings. The molecule has 0 heterocycles. The molecule has 7 nitrogen and oxygen atoms in total. The molecule has 2 N–H and O–H groups in total. The zero-order valence-electron chi connectivity index (χ0n) is 9.84. The molecule has 0 aromatic rings. The van der Waals surface area contributed by atoms with Gasteiger partial charge in [-0.3, -0.25) is 4.79 Å². The van der Waals surface area contributed by atoms with E-state index >= 15 is 0 Å². The first kappa shape index (κ1) is 15.4. The van der Waals surface area contributed by atoms with Crippen molar-refractivity contribution >= 4 is 12.1 Å². The molecule has 0 aromatic heterocycles. The first-order valence-electron chi connectivity index (χ1n) is 4.86. The predicted octanol–water partition coefficient (Wildman–Crippen LogP) is 0.361. The molecule has 0 aliphatic heterocycles. The van der Waals surface area contributed by atoms with Crippen molar-refractivity contribution < 1.29 is 28.9 Å². The monoisotopic (exact) mass is 247 g/mol. The maximum atomic E-state index is 11.2. The molecule has 0 bridgehead atoms. The summed E-state index contributed by atoms with van der Waals surface area (Å²) in [7, 11) is 2.69. The molecule has 98 valence electrons. The first-order chi connectivity index (χ1) is 8.04. The van der Waals surface area contributed by atoms with Crippen molar-refractivity contribution in [2.75, 3.05) is 20.8 Å². The number of amides is 1. The minimum atomic E-state index is -1.09. The lowest BCUT2D eigenvalue weighted by molar-refractivity contribution is -0.147. The van der Waals surface area contributed by atoms with E-state index in [4.69, 9.17) is 14.6 Å². The number of alkyl carbamates (subject to hydrolysis) is 1. The van der Waals surface area contributed by atoms with Gasteiger partial charge in [0, 0.05) is 14.2 Å². The summed E-state index contributed by atoms with van der Waals surface area (Å²) in [6, 6.07) is -0.834. The number of methoxy groups -OCH3 is 2. The number of aliphatic carboxylic acids is 1. The van der Waals surface area contributed by atoms with E-state index in [1.807, 2.05) is 0 Å². The maximum Gasteiger partial charge on any atom is 0.407 e. The Balaban J connectivity index is 4.40. The standard InChI is InChI=1S/C10H17NO6/c1-4-5-17-10(14)11-7(6-8(12)13)9(15-2)16-3/h4,7,9H,1,5-6H2,2-3H3,(H,11,14)(H,12,13)/t7-/m0/s1. The van der Waals surface area contributed by atoms with E-state index in [1.54, 1.807) is 0 Å². The molecule has 0 aliphatic carbocycles. The van der Waals surface area contributed by atoms with Crippen LogP contribution < -0.4 is 5.32 Å². The summed E-state index contributed by atoms with van der Waals surface area (Å²) in [6.07, 6.45) is -0.552. The number of hydrogen-bond acceptors (Lipinski definition) is 5. The van der Waals surface area contributed by atoms with Crippen molar-refractivity contribution in [2.24, 2.45) is 0 Å². The normalized spacial score (nSPS) is 11.9. The highest BCUT2D eigenvalue weighted by atomic mass is 16.7. The summed E-state index contributed by atoms with van der Waals surface area (Å²) >= 11 is 0. The molecule has 0 aromatic carbocycles. The van der Waals surface area contributed by atoms with E-state index in [0.717, 1.165) is 0 Å². The number of carbonyl (C=O) groups is 2. The Bertz CT molecular complexity index is 264. The lowest BCUT2D eigenvalue weighted by Crippen LogP contribution is -2.46. The van der Waals surface area contributed by atoms with Crippen molar-refractivity contribution in [2.45, 2.75) is 18.8 Å². The molecule has 0 saturated carbocycles. The Morgan fingerprint density at radius 2 is 2.00 bits per heavy atom. The average Bonchev–Trinajstić information content (AvgIpc) is 2.27. The highest BCUT2D eigenvalue weighted by Crippen LogP contribution is 2.05. The summed E-state index contributed by atoms with van der Waals surface area (Å²) in [6.45, 7) is 3.42. The van der Waals surface area contributed by atoms with Crippen LogP contribution in [0.3, 0.4) is 0 Å². The smallest absolute Gasteiger partial charge is 0.407 e. The van der Waals surface area contributed by atoms with Gasteiger partial charge in [-0.2, -0.15) is 0 Å². The van der Waals surface area contributed by atoms with Crippen LogP contribution in [0.4, 0.5) is 4.79 Å². The van der Waals surface area contributed by atoms with Crippen LogP contribution in [0.2, 0.25) is 0 Å². The third-order valence-corrected chi connectivity index (χ3v) is 1.82. The van der Waals surface area contributed by atoms with E-state index in [-0.39, 0.29) is 13.0 Å². The highest BCUT2D eigenvalue weighted by molar-refractivity contribution is 5.71. The summed E-state index contributed by atoms with van der Waals surface area (Å²) in [5.74, 6) is -1.09. The molecule has 0 radical (unpaired) electrons. The summed E-state index contributed by atoms with van der Waals surface area (Å²) in [5, 5.41) is 11.0. The van der Waals surface area contributed by atoms with Gasteiger partial charge in [0.15, 0.2) is 6.29 Å². The molecule has 1 atom stereocenters. The fraction of sp³-hybridized carbons (Fsp3) is 0.600. The van der Waals surface area contributed by atoms with Crippen molar-refractivity contribution in [3.05, 3.63) is 12.7 Å². The number of hydrogen-bond donors (Lipinski definition) is 2. The van der Waals surface area contributed by atoms with E-state index in [9.17, 15) is 9.59 Å². The van der Waals surface area contributed by atoms with E-state index in [1.165, 1.54) is 20.3 Å². The molecule has 0 rings (SSSR count). The van der Waals surface area contributed by atoms with Crippen LogP contribution in [-0.2, 0) is 19.0 Å². The van der Waals surface area contributed by atoms with Gasteiger partial charge in [-0.25, -0.2) is 4.79 Å². The van der Waals surface area contributed by atoms with Gasteiger partial charge in [0.2, 0.25) is 0 Å². The molecular weight excluding hydrogens is 230 g/mol. The Morgan fingerprint density at radius 1 is 1.41 bits per heavy atom. The number of ether oxygens (including phenoxy) is 3. The Hall–Kier alpha value is -1.60. The van der Waals surface area contributed by atoms with E-state index < -0.39 is 24.4 Å². The topological polar surface area (TPSA) is 94.1 Å². The third-order valence-electron chi connectivity index (χ3n) is 1.82. The molecule has 0 spiro atoms. The predicted molar refractivity (Wildman–Crippen MR) is 58.5 cm³/mol. The zero-order chi connectivity index (χ0) is 13.3. The van der Waals surface area contributed by atoms with Crippen LogP contribution in [0, 0.1) is 0 Å². The van der Waals surface area contributed by atoms with E-state index in [0.29, 0.717) is 0 Å². The molecule has 0 saturated heterocycles. The van der Waals surface area contributed by atoms with Gasteiger partial charge in [-0.15, -0.1) is 0 Å². The van der Waals surface area contributed by atoms with Gasteiger partial charge in [0.05, 0.1) is 12.5 Å². The Morgan fingerprint density at radius 3 is 2.41 bits per heavy atom. The quantitative estimate of drug-likeness (QED) is 0.475. The molecule has 0 unspecified atom stereocenters. The van der Waals surface area contributed by atoms with Crippen LogP contribution in [0.1, 0.15) is 6.42 Å². The van der Waals surface area contributed by atoms with Crippen LogP contribution >= 0.6 is 0 Å². The second-order valence-corrected chi connectivity index (χ2v) is 3.08. The van der Waals surface area contributed by atoms with Gasteiger partial charge in [0.25, 0.3) is 0 Å². The minimum absolute atomic E-state index is 0.0380. The second-order valence-electron chi connectivity index (χ2n) is 3.08. The molecule has 17 heavy (non-hydrogen) atoms. The van der Waals surface area contributed by atoms with Gasteiger partial charge in [-0.1, -0.05) is 12.7 Å². The number of nitrogens with one attached hydrogen (secondary N) is 1. The minimum Gasteiger partial charge on any atom is -0.481 e. The largest absolute Gasteiger partial charge is 0.481 e. The average molecular weight is 247 g/mol. The molecule has 1 amide bonds. The van der Waals surface area contributed by atoms with Gasteiger partial charge in [-0.05, 0) is 0 Å². The van der Waals surface area contributed by atoms with Crippen molar-refractivity contribution in [1.29, 1.82) is 0 Å². The fourth-order valence-electron chi connectivity index (χ4n) is 1.16. The summed E-state index contributed by atoms with van der Waals surface area (Å²) in [5.41, 5.74) is 0. The zero-order valence-corrected chi connectivity index (χ0v) is 9.84. The van der Waals surface area contributed by atoms with Crippen molar-refractivity contribution in [3.8, 4) is 0 Å². The first-order valence-corrected chi connectivity index (χ1v) is 4.86. The molecular formula is C10H17NO6. The Labute approximate surface area is 99.3 Å². The van der Waals surface area contributed by atoms with Gasteiger partial charge in [0.1, 0.15) is 6.61 Å². The lowest BCUT2D eigenvalue weighted by atomic mass is 10.2. The number of carboxylic acid groups (broad SMARTS) is 1. The van der Waals surface area contributed by atoms with Crippen LogP contribution in [0.25, 0.3) is 0 Å². The Kier molecular flexibility index (Phi) is 7.74. The van der Waals surface area contributed by atoms with E-state index in [2.05, 4.69) is 16.6 Å².